The van der Waals surface area contributed by atoms with E-state index in [1.807, 2.05) is 31.2 Å². The fourth-order valence-electron chi connectivity index (χ4n) is 3.20. The summed E-state index contributed by atoms with van der Waals surface area (Å²) in [5.74, 6) is 0.176. The van der Waals surface area contributed by atoms with Crippen molar-refractivity contribution in [2.45, 2.75) is 44.0 Å². The molecule has 2 aromatic carbocycles. The third kappa shape index (κ3) is 6.74. The molecule has 0 bridgehead atoms. The van der Waals surface area contributed by atoms with Gasteiger partial charge in [-0.05, 0) is 42.2 Å². The standard InChI is InChI=1S/C20H29N3O3S.ClH/c1-15(2)13-20(3,14-21)23-19(24)10-11-22-27(25,26)18-9-8-16-6-4-5-7-17(16)12-18;/h4-9,12,15,22H,10-11,13-14,21H2,1-3H3,(H,23,24);1H. The Kier molecular flexibility index (Phi) is 8.88. The third-order valence-electron chi connectivity index (χ3n) is 4.43. The van der Waals surface area contributed by atoms with Gasteiger partial charge in [0.15, 0.2) is 0 Å². The summed E-state index contributed by atoms with van der Waals surface area (Å²) < 4.78 is 27.5. The second kappa shape index (κ2) is 10.2. The van der Waals surface area contributed by atoms with Gasteiger partial charge in [-0.3, -0.25) is 4.79 Å². The van der Waals surface area contributed by atoms with Crippen molar-refractivity contribution in [3.63, 3.8) is 0 Å². The predicted molar refractivity (Wildman–Crippen MR) is 116 cm³/mol. The van der Waals surface area contributed by atoms with Gasteiger partial charge in [-0.1, -0.05) is 44.2 Å². The Labute approximate surface area is 173 Å². The Hall–Kier alpha value is -1.67. The lowest BCUT2D eigenvalue weighted by atomic mass is 9.90. The second-order valence-corrected chi connectivity index (χ2v) is 9.33. The Morgan fingerprint density at radius 2 is 1.79 bits per heavy atom. The first-order chi connectivity index (χ1) is 12.6. The van der Waals surface area contributed by atoms with E-state index in [-0.39, 0.29) is 36.2 Å². The molecule has 0 fully saturated rings. The van der Waals surface area contributed by atoms with E-state index in [4.69, 9.17) is 5.73 Å². The Morgan fingerprint density at radius 1 is 1.14 bits per heavy atom. The normalized spacial score (nSPS) is 13.8. The number of carbonyl (C=O) groups excluding carboxylic acids is 1. The highest BCUT2D eigenvalue weighted by atomic mass is 35.5. The molecule has 156 valence electrons. The maximum Gasteiger partial charge on any atom is 0.240 e. The van der Waals surface area contributed by atoms with Gasteiger partial charge in [0.05, 0.1) is 4.90 Å². The van der Waals surface area contributed by atoms with Crippen LogP contribution in [0.25, 0.3) is 10.8 Å². The van der Waals surface area contributed by atoms with Crippen LogP contribution in [0, 0.1) is 5.92 Å². The van der Waals surface area contributed by atoms with Crippen LogP contribution in [0.3, 0.4) is 0 Å². The quantitative estimate of drug-likeness (QED) is 0.572. The number of fused-ring (bicyclic) bond motifs is 1. The molecule has 0 aliphatic rings. The van der Waals surface area contributed by atoms with Gasteiger partial charge in [0.2, 0.25) is 15.9 Å². The smallest absolute Gasteiger partial charge is 0.240 e. The van der Waals surface area contributed by atoms with Crippen LogP contribution in [0.2, 0.25) is 0 Å². The molecular formula is C20H30ClN3O3S. The SMILES string of the molecule is CC(C)CC(C)(CN)NC(=O)CCNS(=O)(=O)c1ccc2ccccc2c1.Cl. The molecule has 0 saturated heterocycles. The molecule has 0 radical (unpaired) electrons. The van der Waals surface area contributed by atoms with Crippen molar-refractivity contribution in [3.8, 4) is 0 Å². The molecule has 0 saturated carbocycles. The molecule has 2 rings (SSSR count). The van der Waals surface area contributed by atoms with Crippen LogP contribution in [0.4, 0.5) is 0 Å². The van der Waals surface area contributed by atoms with Crippen molar-refractivity contribution < 1.29 is 13.2 Å². The minimum absolute atomic E-state index is 0. The van der Waals surface area contributed by atoms with E-state index in [9.17, 15) is 13.2 Å². The van der Waals surface area contributed by atoms with Crippen molar-refractivity contribution in [1.29, 1.82) is 0 Å². The summed E-state index contributed by atoms with van der Waals surface area (Å²) >= 11 is 0. The van der Waals surface area contributed by atoms with E-state index in [0.29, 0.717) is 12.5 Å². The minimum atomic E-state index is -3.67. The number of halogens is 1. The van der Waals surface area contributed by atoms with Crippen LogP contribution in [-0.2, 0) is 14.8 Å². The number of nitrogens with one attached hydrogen (secondary N) is 2. The van der Waals surface area contributed by atoms with Crippen LogP contribution in [-0.4, -0.2) is 33.0 Å². The average Bonchev–Trinajstić information content (AvgIpc) is 2.60. The first-order valence-corrected chi connectivity index (χ1v) is 10.6. The van der Waals surface area contributed by atoms with Crippen LogP contribution >= 0.6 is 12.4 Å². The zero-order chi connectivity index (χ0) is 20.1. The van der Waals surface area contributed by atoms with Crippen molar-refractivity contribution in [2.24, 2.45) is 11.7 Å². The highest BCUT2D eigenvalue weighted by Crippen LogP contribution is 2.19. The number of amides is 1. The van der Waals surface area contributed by atoms with Gasteiger partial charge in [-0.2, -0.15) is 0 Å². The average molecular weight is 428 g/mol. The summed E-state index contributed by atoms with van der Waals surface area (Å²) in [7, 11) is -3.67. The molecule has 6 nitrogen and oxygen atoms in total. The Morgan fingerprint density at radius 3 is 2.39 bits per heavy atom. The monoisotopic (exact) mass is 427 g/mol. The van der Waals surface area contributed by atoms with E-state index < -0.39 is 15.6 Å². The number of rotatable bonds is 9. The van der Waals surface area contributed by atoms with Gasteiger partial charge >= 0.3 is 0 Å². The molecule has 28 heavy (non-hydrogen) atoms. The summed E-state index contributed by atoms with van der Waals surface area (Å²) in [5, 5.41) is 4.75. The Bertz CT molecular complexity index is 902. The summed E-state index contributed by atoms with van der Waals surface area (Å²) in [6.45, 7) is 6.41. The van der Waals surface area contributed by atoms with Crippen molar-refractivity contribution in [1.82, 2.24) is 10.0 Å². The zero-order valence-electron chi connectivity index (χ0n) is 16.6. The number of carbonyl (C=O) groups is 1. The fraction of sp³-hybridized carbons (Fsp3) is 0.450. The summed E-state index contributed by atoms with van der Waals surface area (Å²) in [6.07, 6.45) is 0.818. The van der Waals surface area contributed by atoms with E-state index in [2.05, 4.69) is 23.9 Å². The fourth-order valence-corrected chi connectivity index (χ4v) is 4.27. The molecule has 8 heteroatoms. The lowest BCUT2D eigenvalue weighted by Crippen LogP contribution is -2.52. The molecule has 0 aliphatic heterocycles. The molecule has 2 aromatic rings. The largest absolute Gasteiger partial charge is 0.350 e. The third-order valence-corrected chi connectivity index (χ3v) is 5.88. The van der Waals surface area contributed by atoms with Crippen LogP contribution in [0.1, 0.15) is 33.6 Å². The molecule has 1 amide bonds. The number of sulfonamides is 1. The number of benzene rings is 2. The van der Waals surface area contributed by atoms with Gasteiger partial charge in [0.25, 0.3) is 0 Å². The van der Waals surface area contributed by atoms with E-state index in [0.717, 1.165) is 17.2 Å². The molecule has 1 atom stereocenters. The number of hydrogen-bond donors (Lipinski definition) is 3. The van der Waals surface area contributed by atoms with E-state index in [1.165, 1.54) is 0 Å². The summed E-state index contributed by atoms with van der Waals surface area (Å²) in [6, 6.07) is 12.5. The van der Waals surface area contributed by atoms with Crippen LogP contribution in [0.15, 0.2) is 47.4 Å². The summed E-state index contributed by atoms with van der Waals surface area (Å²) in [5.41, 5.74) is 5.31. The van der Waals surface area contributed by atoms with Gasteiger partial charge in [0.1, 0.15) is 0 Å². The highest BCUT2D eigenvalue weighted by Gasteiger charge is 2.25. The van der Waals surface area contributed by atoms with Crippen molar-refractivity contribution in [2.75, 3.05) is 13.1 Å². The number of nitrogens with two attached hydrogens (primary N) is 1. The molecule has 0 aromatic heterocycles. The van der Waals surface area contributed by atoms with Crippen LogP contribution < -0.4 is 15.8 Å². The van der Waals surface area contributed by atoms with Crippen molar-refractivity contribution in [3.05, 3.63) is 42.5 Å². The van der Waals surface area contributed by atoms with Gasteiger partial charge in [-0.15, -0.1) is 12.4 Å². The lowest BCUT2D eigenvalue weighted by molar-refractivity contribution is -0.122. The first kappa shape index (κ1) is 24.4. The summed E-state index contributed by atoms with van der Waals surface area (Å²) in [4.78, 5) is 12.4. The number of hydrogen-bond acceptors (Lipinski definition) is 4. The predicted octanol–water partition coefficient (Wildman–Crippen LogP) is 2.81. The molecule has 0 aliphatic carbocycles. The molecule has 0 spiro atoms. The van der Waals surface area contributed by atoms with E-state index >= 15 is 0 Å². The molecular weight excluding hydrogens is 398 g/mol. The maximum absolute atomic E-state index is 12.5. The van der Waals surface area contributed by atoms with Gasteiger partial charge < -0.3 is 11.1 Å². The van der Waals surface area contributed by atoms with Crippen LogP contribution in [0.5, 0.6) is 0 Å². The lowest BCUT2D eigenvalue weighted by Gasteiger charge is -2.31. The molecule has 4 N–H and O–H groups in total. The topological polar surface area (TPSA) is 101 Å². The first-order valence-electron chi connectivity index (χ1n) is 9.15. The second-order valence-electron chi connectivity index (χ2n) is 7.57. The van der Waals surface area contributed by atoms with E-state index in [1.54, 1.807) is 18.2 Å². The van der Waals surface area contributed by atoms with Gasteiger partial charge in [-0.25, -0.2) is 13.1 Å². The highest BCUT2D eigenvalue weighted by molar-refractivity contribution is 7.89. The Balaban J connectivity index is 0.00000392. The molecule has 0 heterocycles. The van der Waals surface area contributed by atoms with Gasteiger partial charge in [0, 0.05) is 25.0 Å². The zero-order valence-corrected chi connectivity index (χ0v) is 18.2. The molecule has 1 unspecified atom stereocenters. The maximum atomic E-state index is 12.5. The minimum Gasteiger partial charge on any atom is -0.350 e. The van der Waals surface area contributed by atoms with Crippen molar-refractivity contribution >= 4 is 39.1 Å².